The number of nitrogens with zero attached hydrogens (tertiary/aromatic N) is 1. The first kappa shape index (κ1) is 15.3. The predicted octanol–water partition coefficient (Wildman–Crippen LogP) is 2.35. The van der Waals surface area contributed by atoms with Gasteiger partial charge in [-0.25, -0.2) is 4.98 Å². The fourth-order valence-electron chi connectivity index (χ4n) is 2.43. The van der Waals surface area contributed by atoms with Gasteiger partial charge in [0.1, 0.15) is 17.7 Å². The van der Waals surface area contributed by atoms with Gasteiger partial charge < -0.3 is 20.1 Å². The van der Waals surface area contributed by atoms with Crippen molar-refractivity contribution < 1.29 is 14.3 Å². The molecule has 1 aliphatic rings. The summed E-state index contributed by atoms with van der Waals surface area (Å²) in [5.41, 5.74) is 1.47. The molecule has 2 heterocycles. The predicted molar refractivity (Wildman–Crippen MR) is 86.5 cm³/mol. The Labute approximate surface area is 134 Å². The summed E-state index contributed by atoms with van der Waals surface area (Å²) >= 11 is 0. The molecule has 1 atom stereocenters. The summed E-state index contributed by atoms with van der Waals surface area (Å²) < 4.78 is 10.7. The minimum Gasteiger partial charge on any atom is -0.493 e. The Kier molecular flexibility index (Phi) is 4.73. The Morgan fingerprint density at radius 3 is 2.96 bits per heavy atom. The highest BCUT2D eigenvalue weighted by molar-refractivity contribution is 6.00. The average Bonchev–Trinajstić information content (AvgIpc) is 2.59. The molecule has 0 radical (unpaired) electrons. The van der Waals surface area contributed by atoms with E-state index in [0.717, 1.165) is 17.7 Å². The van der Waals surface area contributed by atoms with Crippen molar-refractivity contribution in [3.63, 3.8) is 0 Å². The summed E-state index contributed by atoms with van der Waals surface area (Å²) in [6.45, 7) is 1.26. The van der Waals surface area contributed by atoms with Crippen molar-refractivity contribution in [2.45, 2.75) is 12.6 Å². The van der Waals surface area contributed by atoms with Crippen LogP contribution in [0.25, 0.3) is 0 Å². The summed E-state index contributed by atoms with van der Waals surface area (Å²) in [4.78, 5) is 16.4. The fraction of sp³-hybridized carbons (Fsp3) is 0.294. The van der Waals surface area contributed by atoms with Gasteiger partial charge in [0.2, 0.25) is 0 Å². The van der Waals surface area contributed by atoms with Crippen molar-refractivity contribution in [1.29, 1.82) is 0 Å². The van der Waals surface area contributed by atoms with E-state index in [-0.39, 0.29) is 12.1 Å². The number of aromatic nitrogens is 1. The zero-order valence-corrected chi connectivity index (χ0v) is 12.9. The van der Waals surface area contributed by atoms with Gasteiger partial charge in [0.05, 0.1) is 12.2 Å². The molecule has 1 aromatic heterocycles. The molecule has 1 aliphatic heterocycles. The third kappa shape index (κ3) is 3.60. The van der Waals surface area contributed by atoms with Crippen LogP contribution in [0.4, 0.5) is 5.82 Å². The minimum atomic E-state index is -0.326. The Balaban J connectivity index is 1.71. The quantitative estimate of drug-likeness (QED) is 0.801. The van der Waals surface area contributed by atoms with Crippen molar-refractivity contribution in [3.8, 4) is 5.75 Å². The molecule has 6 nitrogen and oxygen atoms in total. The molecule has 1 aromatic carbocycles. The summed E-state index contributed by atoms with van der Waals surface area (Å²) in [7, 11) is 1.67. The smallest absolute Gasteiger partial charge is 0.256 e. The van der Waals surface area contributed by atoms with Gasteiger partial charge in [0.25, 0.3) is 5.91 Å². The number of benzene rings is 1. The van der Waals surface area contributed by atoms with E-state index in [1.54, 1.807) is 25.4 Å². The molecule has 1 amide bonds. The number of pyridine rings is 1. The molecule has 0 saturated heterocycles. The lowest BCUT2D eigenvalue weighted by atomic mass is 10.1. The zero-order chi connectivity index (χ0) is 16.1. The Bertz CT molecular complexity index is 690. The fourth-order valence-corrected chi connectivity index (χ4v) is 2.43. The molecule has 2 N–H and O–H groups in total. The number of amides is 1. The number of methoxy groups -OCH3 is 1. The van der Waals surface area contributed by atoms with Crippen LogP contribution in [0.1, 0.15) is 28.5 Å². The van der Waals surface area contributed by atoms with E-state index in [4.69, 9.17) is 9.47 Å². The first-order valence-electron chi connectivity index (χ1n) is 7.52. The highest BCUT2D eigenvalue weighted by Crippen LogP contribution is 2.26. The topological polar surface area (TPSA) is 72.5 Å². The van der Waals surface area contributed by atoms with Crippen LogP contribution < -0.4 is 15.4 Å². The van der Waals surface area contributed by atoms with Crippen molar-refractivity contribution in [1.82, 2.24) is 10.3 Å². The van der Waals surface area contributed by atoms with Gasteiger partial charge in [-0.3, -0.25) is 4.79 Å². The maximum atomic E-state index is 12.2. The lowest BCUT2D eigenvalue weighted by Gasteiger charge is -2.27. The zero-order valence-electron chi connectivity index (χ0n) is 12.9. The molecule has 23 heavy (non-hydrogen) atoms. The second-order valence-corrected chi connectivity index (χ2v) is 5.22. The molecular weight excluding hydrogens is 294 g/mol. The van der Waals surface area contributed by atoms with Gasteiger partial charge >= 0.3 is 0 Å². The largest absolute Gasteiger partial charge is 0.493 e. The van der Waals surface area contributed by atoms with Gasteiger partial charge in [0.15, 0.2) is 0 Å². The van der Waals surface area contributed by atoms with Crippen LogP contribution >= 0.6 is 0 Å². The second kappa shape index (κ2) is 7.11. The van der Waals surface area contributed by atoms with Crippen LogP contribution in [0, 0.1) is 0 Å². The number of rotatable bonds is 6. The lowest BCUT2D eigenvalue weighted by molar-refractivity contribution is 0.0935. The maximum Gasteiger partial charge on any atom is 0.256 e. The molecule has 0 spiro atoms. The van der Waals surface area contributed by atoms with Crippen molar-refractivity contribution in [2.24, 2.45) is 0 Å². The van der Waals surface area contributed by atoms with Gasteiger partial charge in [-0.1, -0.05) is 12.1 Å². The molecule has 3 rings (SSSR count). The highest BCUT2D eigenvalue weighted by atomic mass is 16.5. The van der Waals surface area contributed by atoms with Crippen molar-refractivity contribution >= 4 is 11.7 Å². The summed E-state index contributed by atoms with van der Waals surface area (Å²) in [6.07, 6.45) is 2.17. The van der Waals surface area contributed by atoms with E-state index in [9.17, 15) is 4.79 Å². The maximum absolute atomic E-state index is 12.2. The van der Waals surface area contributed by atoms with Crippen LogP contribution in [0.15, 0.2) is 42.6 Å². The first-order valence-corrected chi connectivity index (χ1v) is 7.52. The molecule has 0 fully saturated rings. The monoisotopic (exact) mass is 313 g/mol. The molecule has 0 aliphatic carbocycles. The number of fused-ring (bicyclic) bond motifs is 1. The highest BCUT2D eigenvalue weighted by Gasteiger charge is 2.25. The molecule has 120 valence electrons. The lowest BCUT2D eigenvalue weighted by Crippen LogP contribution is -2.38. The number of anilines is 1. The number of ether oxygens (including phenoxy) is 2. The van der Waals surface area contributed by atoms with Gasteiger partial charge in [0, 0.05) is 26.3 Å². The van der Waals surface area contributed by atoms with E-state index in [2.05, 4.69) is 15.6 Å². The number of carbonyl (C=O) groups excluding carboxylic acids is 1. The Hall–Kier alpha value is -2.60. The summed E-state index contributed by atoms with van der Waals surface area (Å²) in [5, 5.41) is 6.16. The van der Waals surface area contributed by atoms with Crippen molar-refractivity contribution in [2.75, 3.05) is 25.6 Å². The van der Waals surface area contributed by atoms with Gasteiger partial charge in [-0.05, 0) is 29.8 Å². The molecule has 0 unspecified atom stereocenters. The second-order valence-electron chi connectivity index (χ2n) is 5.22. The SMILES string of the molecule is COCCCOc1cccc([C@@H]2NC(=O)c3cccnc3N2)c1. The van der Waals surface area contributed by atoms with Gasteiger partial charge in [-0.15, -0.1) is 0 Å². The van der Waals surface area contributed by atoms with E-state index in [1.165, 1.54) is 0 Å². The number of carbonyl (C=O) groups is 1. The third-order valence-corrected chi connectivity index (χ3v) is 3.56. The minimum absolute atomic E-state index is 0.136. The number of nitrogens with one attached hydrogen (secondary N) is 2. The molecule has 6 heteroatoms. The molecular formula is C17H19N3O3. The van der Waals surface area contributed by atoms with E-state index in [0.29, 0.717) is 24.6 Å². The molecule has 0 bridgehead atoms. The molecule has 2 aromatic rings. The Morgan fingerprint density at radius 1 is 1.17 bits per heavy atom. The summed E-state index contributed by atoms with van der Waals surface area (Å²) in [6, 6.07) is 11.1. The van der Waals surface area contributed by atoms with Gasteiger partial charge in [-0.2, -0.15) is 0 Å². The van der Waals surface area contributed by atoms with Crippen LogP contribution in [0.5, 0.6) is 5.75 Å². The van der Waals surface area contributed by atoms with E-state index in [1.807, 2.05) is 24.3 Å². The van der Waals surface area contributed by atoms with E-state index < -0.39 is 0 Å². The van der Waals surface area contributed by atoms with Crippen LogP contribution in [-0.2, 0) is 4.74 Å². The van der Waals surface area contributed by atoms with Crippen LogP contribution in [0.3, 0.4) is 0 Å². The van der Waals surface area contributed by atoms with Crippen molar-refractivity contribution in [3.05, 3.63) is 53.7 Å². The standard InChI is InChI=1S/C17H19N3O3/c1-22-9-4-10-23-13-6-2-5-12(11-13)15-19-16-14(17(21)20-15)7-3-8-18-16/h2-3,5-8,11,15H,4,9-10H2,1H3,(H,18,19)(H,20,21)/t15-/m0/s1. The van der Waals surface area contributed by atoms with E-state index >= 15 is 0 Å². The third-order valence-electron chi connectivity index (χ3n) is 3.56. The van der Waals surface area contributed by atoms with Crippen LogP contribution in [-0.4, -0.2) is 31.2 Å². The normalized spacial score (nSPS) is 16.2. The first-order chi connectivity index (χ1) is 11.3. The number of hydrogen-bond donors (Lipinski definition) is 2. The molecule has 0 saturated carbocycles. The van der Waals surface area contributed by atoms with Crippen LogP contribution in [0.2, 0.25) is 0 Å². The average molecular weight is 313 g/mol. The summed E-state index contributed by atoms with van der Waals surface area (Å²) in [5.74, 6) is 1.22. The Morgan fingerprint density at radius 2 is 2.09 bits per heavy atom. The number of hydrogen-bond acceptors (Lipinski definition) is 5.